The lowest BCUT2D eigenvalue weighted by molar-refractivity contribution is -0.126. The number of nitrogens with one attached hydrogen (secondary N) is 1. The van der Waals surface area contributed by atoms with Crippen LogP contribution in [-0.4, -0.2) is 35.2 Å². The number of amides is 1. The van der Waals surface area contributed by atoms with Gasteiger partial charge < -0.3 is 10.4 Å². The molecule has 0 saturated heterocycles. The number of rotatable bonds is 6. The number of nitrogens with zero attached hydrogens (tertiary/aromatic N) is 1. The first-order valence-corrected chi connectivity index (χ1v) is 8.10. The smallest absolute Gasteiger partial charge is 0.230 e. The third-order valence-corrected chi connectivity index (χ3v) is 4.84. The van der Waals surface area contributed by atoms with E-state index in [4.69, 9.17) is 5.26 Å². The van der Waals surface area contributed by atoms with Crippen LogP contribution in [0, 0.1) is 11.3 Å². The van der Waals surface area contributed by atoms with Crippen molar-refractivity contribution in [2.24, 2.45) is 0 Å². The first kappa shape index (κ1) is 17.5. The second kappa shape index (κ2) is 7.48. The lowest BCUT2D eigenvalue weighted by atomic mass is 9.83. The maximum absolute atomic E-state index is 12.5. The summed E-state index contributed by atoms with van der Waals surface area (Å²) in [6.07, 6.45) is 1.91. The van der Waals surface area contributed by atoms with Crippen LogP contribution in [0.4, 0.5) is 0 Å². The summed E-state index contributed by atoms with van der Waals surface area (Å²) in [5.41, 5.74) is 0.606. The number of benzene rings is 1. The van der Waals surface area contributed by atoms with Gasteiger partial charge in [-0.3, -0.25) is 4.79 Å². The van der Waals surface area contributed by atoms with Gasteiger partial charge in [0.05, 0.1) is 23.7 Å². The van der Waals surface area contributed by atoms with Crippen LogP contribution in [0.5, 0.6) is 0 Å². The van der Waals surface area contributed by atoms with Gasteiger partial charge in [0.2, 0.25) is 5.91 Å². The van der Waals surface area contributed by atoms with Crippen molar-refractivity contribution in [2.45, 2.75) is 37.5 Å². The van der Waals surface area contributed by atoms with E-state index in [0.717, 1.165) is 5.56 Å². The van der Waals surface area contributed by atoms with Crippen molar-refractivity contribution in [3.8, 4) is 6.07 Å². The summed E-state index contributed by atoms with van der Waals surface area (Å²) in [6.45, 7) is 5.57. The molecule has 2 N–H and O–H groups in total. The normalized spacial score (nSPS) is 14.1. The van der Waals surface area contributed by atoms with E-state index in [1.807, 2.05) is 33.1 Å². The van der Waals surface area contributed by atoms with Crippen LogP contribution in [0.1, 0.15) is 31.9 Å². The number of thioether (sulfide) groups is 1. The van der Waals surface area contributed by atoms with Gasteiger partial charge in [0.25, 0.3) is 0 Å². The molecule has 0 spiro atoms. The van der Waals surface area contributed by atoms with E-state index in [0.29, 0.717) is 5.56 Å². The Labute approximate surface area is 130 Å². The molecule has 0 aliphatic heterocycles. The summed E-state index contributed by atoms with van der Waals surface area (Å²) in [5, 5.41) is 21.2. The Morgan fingerprint density at radius 2 is 2.19 bits per heavy atom. The standard InChI is InChI=1S/C16H22N2O2S/c1-11(14(10-19)21-4)18-15(20)16(2,3)13-7-5-6-12(8-13)9-17/h5-8,11,14,19H,10H2,1-4H3,(H,18,20). The van der Waals surface area contributed by atoms with Crippen LogP contribution in [0.2, 0.25) is 0 Å². The molecule has 0 fully saturated rings. The molecule has 2 atom stereocenters. The van der Waals surface area contributed by atoms with Crippen molar-refractivity contribution in [2.75, 3.05) is 12.9 Å². The van der Waals surface area contributed by atoms with E-state index in [9.17, 15) is 9.90 Å². The Balaban J connectivity index is 2.91. The molecule has 2 unspecified atom stereocenters. The predicted octanol–water partition coefficient (Wildman–Crippen LogP) is 2.06. The minimum atomic E-state index is -0.737. The number of nitriles is 1. The zero-order valence-electron chi connectivity index (χ0n) is 12.9. The van der Waals surface area contributed by atoms with Gasteiger partial charge in [0, 0.05) is 11.3 Å². The third-order valence-electron chi connectivity index (χ3n) is 3.68. The molecule has 0 bridgehead atoms. The third kappa shape index (κ3) is 4.23. The van der Waals surface area contributed by atoms with Gasteiger partial charge in [-0.1, -0.05) is 12.1 Å². The second-order valence-corrected chi connectivity index (χ2v) is 6.61. The molecule has 1 aromatic rings. The van der Waals surface area contributed by atoms with E-state index in [1.54, 1.807) is 18.2 Å². The molecule has 1 rings (SSSR count). The van der Waals surface area contributed by atoms with Crippen molar-refractivity contribution in [3.05, 3.63) is 35.4 Å². The molecule has 4 nitrogen and oxygen atoms in total. The molecule has 1 amide bonds. The predicted molar refractivity (Wildman–Crippen MR) is 86.2 cm³/mol. The molecule has 0 aliphatic rings. The number of aliphatic hydroxyl groups is 1. The van der Waals surface area contributed by atoms with Gasteiger partial charge in [-0.2, -0.15) is 17.0 Å². The van der Waals surface area contributed by atoms with Gasteiger partial charge >= 0.3 is 0 Å². The zero-order valence-corrected chi connectivity index (χ0v) is 13.7. The molecule has 114 valence electrons. The Morgan fingerprint density at radius 1 is 1.52 bits per heavy atom. The molecule has 21 heavy (non-hydrogen) atoms. The van der Waals surface area contributed by atoms with Crippen LogP contribution in [-0.2, 0) is 10.2 Å². The van der Waals surface area contributed by atoms with E-state index in [1.165, 1.54) is 11.8 Å². The molecular weight excluding hydrogens is 284 g/mol. The molecule has 0 aromatic heterocycles. The topological polar surface area (TPSA) is 73.1 Å². The average Bonchev–Trinajstić information content (AvgIpc) is 2.48. The summed E-state index contributed by atoms with van der Waals surface area (Å²) in [5.74, 6) is -0.113. The summed E-state index contributed by atoms with van der Waals surface area (Å²) in [4.78, 5) is 12.5. The highest BCUT2D eigenvalue weighted by molar-refractivity contribution is 7.99. The van der Waals surface area contributed by atoms with Gasteiger partial charge in [-0.25, -0.2) is 0 Å². The fourth-order valence-electron chi connectivity index (χ4n) is 2.03. The van der Waals surface area contributed by atoms with Crippen molar-refractivity contribution >= 4 is 17.7 Å². The van der Waals surface area contributed by atoms with Gasteiger partial charge in [0.1, 0.15) is 0 Å². The minimum absolute atomic E-state index is 0.0208. The molecule has 0 aliphatic carbocycles. The first-order chi connectivity index (χ1) is 9.86. The van der Waals surface area contributed by atoms with Gasteiger partial charge in [-0.15, -0.1) is 0 Å². The number of carbonyl (C=O) groups excluding carboxylic acids is 1. The second-order valence-electron chi connectivity index (χ2n) is 5.54. The summed E-state index contributed by atoms with van der Waals surface area (Å²) in [7, 11) is 0. The van der Waals surface area contributed by atoms with Crippen molar-refractivity contribution in [3.63, 3.8) is 0 Å². The Morgan fingerprint density at radius 3 is 2.71 bits per heavy atom. The number of hydrogen-bond donors (Lipinski definition) is 2. The molecule has 0 heterocycles. The molecule has 0 radical (unpaired) electrons. The molecular formula is C16H22N2O2S. The lowest BCUT2D eigenvalue weighted by Gasteiger charge is -2.29. The summed E-state index contributed by atoms with van der Waals surface area (Å²) in [6, 6.07) is 9.05. The van der Waals surface area contributed by atoms with Crippen molar-refractivity contribution in [1.29, 1.82) is 5.26 Å². The average molecular weight is 306 g/mol. The van der Waals surface area contributed by atoms with Crippen LogP contribution in [0.25, 0.3) is 0 Å². The minimum Gasteiger partial charge on any atom is -0.395 e. The maximum atomic E-state index is 12.5. The highest BCUT2D eigenvalue weighted by atomic mass is 32.2. The number of carbonyl (C=O) groups is 1. The Kier molecular flexibility index (Phi) is 6.25. The first-order valence-electron chi connectivity index (χ1n) is 6.82. The highest BCUT2D eigenvalue weighted by Crippen LogP contribution is 2.25. The fourth-order valence-corrected chi connectivity index (χ4v) is 2.65. The molecule has 0 saturated carbocycles. The van der Waals surface area contributed by atoms with E-state index in [2.05, 4.69) is 11.4 Å². The van der Waals surface area contributed by atoms with Crippen molar-refractivity contribution < 1.29 is 9.90 Å². The summed E-state index contributed by atoms with van der Waals surface area (Å²) < 4.78 is 0. The number of hydrogen-bond acceptors (Lipinski definition) is 4. The largest absolute Gasteiger partial charge is 0.395 e. The van der Waals surface area contributed by atoms with E-state index >= 15 is 0 Å². The van der Waals surface area contributed by atoms with E-state index < -0.39 is 5.41 Å². The monoisotopic (exact) mass is 306 g/mol. The van der Waals surface area contributed by atoms with Crippen LogP contribution in [0.3, 0.4) is 0 Å². The lowest BCUT2D eigenvalue weighted by Crippen LogP contribution is -2.48. The molecule has 5 heteroatoms. The summed E-state index contributed by atoms with van der Waals surface area (Å²) >= 11 is 1.52. The quantitative estimate of drug-likeness (QED) is 0.844. The van der Waals surface area contributed by atoms with Crippen LogP contribution < -0.4 is 5.32 Å². The Hall–Kier alpha value is -1.51. The van der Waals surface area contributed by atoms with Gasteiger partial charge in [0.15, 0.2) is 0 Å². The van der Waals surface area contributed by atoms with E-state index in [-0.39, 0.29) is 23.8 Å². The van der Waals surface area contributed by atoms with Crippen molar-refractivity contribution in [1.82, 2.24) is 5.32 Å². The van der Waals surface area contributed by atoms with Crippen LogP contribution in [0.15, 0.2) is 24.3 Å². The van der Waals surface area contributed by atoms with Gasteiger partial charge in [-0.05, 0) is 44.7 Å². The Bertz CT molecular complexity index is 533. The molecule has 1 aromatic carbocycles. The maximum Gasteiger partial charge on any atom is 0.230 e. The SMILES string of the molecule is CSC(CO)C(C)NC(=O)C(C)(C)c1cccc(C#N)c1. The van der Waals surface area contributed by atoms with Crippen LogP contribution >= 0.6 is 11.8 Å². The zero-order chi connectivity index (χ0) is 16.0. The highest BCUT2D eigenvalue weighted by Gasteiger charge is 2.32. The number of aliphatic hydroxyl groups excluding tert-OH is 1. The fraction of sp³-hybridized carbons (Fsp3) is 0.500.